The van der Waals surface area contributed by atoms with Crippen molar-refractivity contribution in [2.24, 2.45) is 5.92 Å². The first-order valence-corrected chi connectivity index (χ1v) is 9.25. The van der Waals surface area contributed by atoms with Gasteiger partial charge in [0.1, 0.15) is 23.2 Å². The van der Waals surface area contributed by atoms with Crippen LogP contribution in [0.4, 0.5) is 5.69 Å². The number of carbonyl (C=O) groups is 1. The Morgan fingerprint density at radius 3 is 2.61 bits per heavy atom. The maximum Gasteiger partial charge on any atom is 0.269 e. The quantitative estimate of drug-likeness (QED) is 0.357. The van der Waals surface area contributed by atoms with Crippen molar-refractivity contribution >= 4 is 17.7 Å². The van der Waals surface area contributed by atoms with Crippen LogP contribution in [0.25, 0.3) is 17.4 Å². The molecule has 1 aliphatic carbocycles. The van der Waals surface area contributed by atoms with Crippen LogP contribution in [0, 0.1) is 27.4 Å². The molecule has 0 bridgehead atoms. The number of carbonyl (C=O) groups excluding carboxylic acids is 1. The number of benzene rings is 1. The van der Waals surface area contributed by atoms with Crippen LogP contribution in [0.2, 0.25) is 0 Å². The van der Waals surface area contributed by atoms with Crippen molar-refractivity contribution in [2.75, 3.05) is 0 Å². The maximum atomic E-state index is 12.5. The van der Waals surface area contributed by atoms with Gasteiger partial charge >= 0.3 is 0 Å². The Bertz CT molecular complexity index is 937. The third kappa shape index (κ3) is 4.46. The first-order valence-electron chi connectivity index (χ1n) is 9.25. The maximum absolute atomic E-state index is 12.5. The molecule has 1 fully saturated rings. The highest BCUT2D eigenvalue weighted by Crippen LogP contribution is 2.26. The molecule has 2 atom stereocenters. The SMILES string of the molecule is C[C@H]1CCCC[C@H]1NC(=O)/C(C#N)=C/c1ccc(-c2ccc([N+](=O)[O-])cc2)o1. The molecular weight excluding hydrogens is 358 g/mol. The van der Waals surface area contributed by atoms with Gasteiger partial charge in [0.05, 0.1) is 4.92 Å². The minimum Gasteiger partial charge on any atom is -0.457 e. The summed E-state index contributed by atoms with van der Waals surface area (Å²) in [4.78, 5) is 22.7. The summed E-state index contributed by atoms with van der Waals surface area (Å²) in [6.45, 7) is 2.11. The van der Waals surface area contributed by atoms with Crippen LogP contribution in [-0.2, 0) is 4.79 Å². The summed E-state index contributed by atoms with van der Waals surface area (Å²) in [5, 5.41) is 23.1. The highest BCUT2D eigenvalue weighted by atomic mass is 16.6. The van der Waals surface area contributed by atoms with E-state index in [1.807, 2.05) is 6.07 Å². The fraction of sp³-hybridized carbons (Fsp3) is 0.333. The van der Waals surface area contributed by atoms with E-state index in [1.54, 1.807) is 24.3 Å². The second kappa shape index (κ2) is 8.53. The highest BCUT2D eigenvalue weighted by molar-refractivity contribution is 6.01. The number of non-ortho nitro benzene ring substituents is 1. The minimum absolute atomic E-state index is 0.00388. The molecule has 1 aromatic heterocycles. The van der Waals surface area contributed by atoms with Gasteiger partial charge in [-0.2, -0.15) is 5.26 Å². The Hall–Kier alpha value is -3.40. The molecule has 1 aliphatic rings. The average Bonchev–Trinajstić information content (AvgIpc) is 3.16. The summed E-state index contributed by atoms with van der Waals surface area (Å²) in [7, 11) is 0. The molecule has 1 amide bonds. The number of nitro groups is 1. The average molecular weight is 379 g/mol. The monoisotopic (exact) mass is 379 g/mol. The van der Waals surface area contributed by atoms with Gasteiger partial charge in [-0.05, 0) is 43.0 Å². The van der Waals surface area contributed by atoms with Crippen molar-refractivity contribution in [3.8, 4) is 17.4 Å². The molecule has 144 valence electrons. The Labute approximate surface area is 162 Å². The standard InChI is InChI=1S/C21H21N3O4/c1-14-4-2-3-5-19(14)23-21(25)16(13-22)12-18-10-11-20(28-18)15-6-8-17(9-7-15)24(26)27/h6-12,14,19H,2-5H2,1H3,(H,23,25)/b16-12+/t14-,19+/m0/s1. The highest BCUT2D eigenvalue weighted by Gasteiger charge is 2.24. The van der Waals surface area contributed by atoms with E-state index >= 15 is 0 Å². The molecule has 0 saturated heterocycles. The smallest absolute Gasteiger partial charge is 0.269 e. The van der Waals surface area contributed by atoms with Gasteiger partial charge in [-0.25, -0.2) is 0 Å². The van der Waals surface area contributed by atoms with Gasteiger partial charge in [-0.15, -0.1) is 0 Å². The first kappa shape index (κ1) is 19.4. The first-order chi connectivity index (χ1) is 13.5. The molecule has 2 aromatic rings. The van der Waals surface area contributed by atoms with Crippen LogP contribution >= 0.6 is 0 Å². The fourth-order valence-electron chi connectivity index (χ4n) is 3.40. The molecule has 1 saturated carbocycles. The van der Waals surface area contributed by atoms with Crippen molar-refractivity contribution in [1.29, 1.82) is 5.26 Å². The van der Waals surface area contributed by atoms with E-state index in [0.29, 0.717) is 23.0 Å². The summed E-state index contributed by atoms with van der Waals surface area (Å²) in [6, 6.07) is 11.4. The molecule has 1 N–H and O–H groups in total. The molecule has 0 radical (unpaired) electrons. The molecule has 28 heavy (non-hydrogen) atoms. The van der Waals surface area contributed by atoms with Crippen LogP contribution in [0.1, 0.15) is 38.4 Å². The summed E-state index contributed by atoms with van der Waals surface area (Å²) in [6.07, 6.45) is 5.67. The molecule has 1 aromatic carbocycles. The Balaban J connectivity index is 1.73. The zero-order valence-electron chi connectivity index (χ0n) is 15.6. The van der Waals surface area contributed by atoms with Gasteiger partial charge in [0.15, 0.2) is 0 Å². The predicted octanol–water partition coefficient (Wildman–Crippen LogP) is 4.46. The van der Waals surface area contributed by atoms with Crippen LogP contribution < -0.4 is 5.32 Å². The van der Waals surface area contributed by atoms with Gasteiger partial charge < -0.3 is 9.73 Å². The molecule has 1 heterocycles. The molecule has 7 nitrogen and oxygen atoms in total. The predicted molar refractivity (Wildman–Crippen MR) is 104 cm³/mol. The molecule has 0 aliphatic heterocycles. The molecule has 0 spiro atoms. The number of rotatable bonds is 5. The zero-order chi connectivity index (χ0) is 20.1. The lowest BCUT2D eigenvalue weighted by Gasteiger charge is -2.29. The topological polar surface area (TPSA) is 109 Å². The molecule has 7 heteroatoms. The number of nitrogens with one attached hydrogen (secondary N) is 1. The van der Waals surface area contributed by atoms with Crippen LogP contribution in [-0.4, -0.2) is 16.9 Å². The van der Waals surface area contributed by atoms with Crippen molar-refractivity contribution < 1.29 is 14.1 Å². The largest absolute Gasteiger partial charge is 0.457 e. The number of amides is 1. The summed E-state index contributed by atoms with van der Waals surface area (Å²) >= 11 is 0. The second-order valence-electron chi connectivity index (χ2n) is 7.02. The van der Waals surface area contributed by atoms with Crippen LogP contribution in [0.5, 0.6) is 0 Å². The Morgan fingerprint density at radius 1 is 1.25 bits per heavy atom. The van der Waals surface area contributed by atoms with Gasteiger partial charge in [-0.3, -0.25) is 14.9 Å². The lowest BCUT2D eigenvalue weighted by atomic mass is 9.86. The summed E-state index contributed by atoms with van der Waals surface area (Å²) in [5.74, 6) is 0.876. The molecule has 3 rings (SSSR count). The van der Waals surface area contributed by atoms with Gasteiger partial charge in [0.25, 0.3) is 11.6 Å². The number of nitro benzene ring substituents is 1. The van der Waals surface area contributed by atoms with E-state index in [-0.39, 0.29) is 17.3 Å². The van der Waals surface area contributed by atoms with Crippen LogP contribution in [0.15, 0.2) is 46.4 Å². The van der Waals surface area contributed by atoms with Crippen molar-refractivity contribution in [3.05, 3.63) is 57.8 Å². The fourth-order valence-corrected chi connectivity index (χ4v) is 3.40. The Kier molecular flexibility index (Phi) is 5.90. The molecular formula is C21H21N3O4. The third-order valence-corrected chi connectivity index (χ3v) is 5.07. The number of nitrogens with zero attached hydrogens (tertiary/aromatic N) is 2. The molecule has 0 unspecified atom stereocenters. The lowest BCUT2D eigenvalue weighted by molar-refractivity contribution is -0.384. The number of furan rings is 1. The van der Waals surface area contributed by atoms with Gasteiger partial charge in [-0.1, -0.05) is 19.8 Å². The Morgan fingerprint density at radius 2 is 1.96 bits per heavy atom. The van der Waals surface area contributed by atoms with E-state index in [4.69, 9.17) is 4.42 Å². The van der Waals surface area contributed by atoms with E-state index in [2.05, 4.69) is 12.2 Å². The lowest BCUT2D eigenvalue weighted by Crippen LogP contribution is -2.41. The normalized spacial score (nSPS) is 19.6. The van der Waals surface area contributed by atoms with Crippen LogP contribution in [0.3, 0.4) is 0 Å². The second-order valence-corrected chi connectivity index (χ2v) is 7.02. The summed E-state index contributed by atoms with van der Waals surface area (Å²) < 4.78 is 5.69. The number of hydrogen-bond acceptors (Lipinski definition) is 5. The minimum atomic E-state index is -0.467. The van der Waals surface area contributed by atoms with Crippen molar-refractivity contribution in [1.82, 2.24) is 5.32 Å². The van der Waals surface area contributed by atoms with E-state index < -0.39 is 10.8 Å². The number of hydrogen-bond donors (Lipinski definition) is 1. The zero-order valence-corrected chi connectivity index (χ0v) is 15.6. The van der Waals surface area contributed by atoms with Crippen molar-refractivity contribution in [2.45, 2.75) is 38.6 Å². The van der Waals surface area contributed by atoms with E-state index in [1.165, 1.54) is 24.6 Å². The van der Waals surface area contributed by atoms with Gasteiger partial charge in [0.2, 0.25) is 0 Å². The summed E-state index contributed by atoms with van der Waals surface area (Å²) in [5.41, 5.74) is 0.655. The van der Waals surface area contributed by atoms with Gasteiger partial charge in [0, 0.05) is 29.8 Å². The van der Waals surface area contributed by atoms with Crippen molar-refractivity contribution in [3.63, 3.8) is 0 Å². The van der Waals surface area contributed by atoms with E-state index in [9.17, 15) is 20.2 Å². The third-order valence-electron chi connectivity index (χ3n) is 5.07. The number of nitriles is 1. The van der Waals surface area contributed by atoms with E-state index in [0.717, 1.165) is 19.3 Å².